The van der Waals surface area contributed by atoms with Crippen LogP contribution in [0.15, 0.2) is 48.8 Å². The van der Waals surface area contributed by atoms with E-state index in [2.05, 4.69) is 15.3 Å². The van der Waals surface area contributed by atoms with Gasteiger partial charge in [0.2, 0.25) is 5.91 Å². The summed E-state index contributed by atoms with van der Waals surface area (Å²) in [6, 6.07) is 11.7. The number of thiazole rings is 1. The maximum atomic E-state index is 11.9. The summed E-state index contributed by atoms with van der Waals surface area (Å²) >= 11 is 1.49. The molecule has 0 atom stereocenters. The molecular formula is C15H13N3OS. The number of benzene rings is 1. The molecule has 0 saturated heterocycles. The Hall–Kier alpha value is -2.27. The normalized spacial score (nSPS) is 10.6. The third-order valence-electron chi connectivity index (χ3n) is 2.90. The van der Waals surface area contributed by atoms with Gasteiger partial charge in [-0.25, -0.2) is 4.98 Å². The Labute approximate surface area is 120 Å². The van der Waals surface area contributed by atoms with Crippen LogP contribution in [0.25, 0.3) is 10.2 Å². The zero-order chi connectivity index (χ0) is 13.8. The molecule has 3 aromatic rings. The van der Waals surface area contributed by atoms with E-state index in [0.29, 0.717) is 18.0 Å². The number of aromatic nitrogens is 2. The number of hydrogen-bond donors (Lipinski definition) is 1. The van der Waals surface area contributed by atoms with Crippen molar-refractivity contribution in [3.8, 4) is 0 Å². The number of hydrogen-bond acceptors (Lipinski definition) is 4. The van der Waals surface area contributed by atoms with Gasteiger partial charge in [0.1, 0.15) is 0 Å². The van der Waals surface area contributed by atoms with E-state index < -0.39 is 0 Å². The molecule has 20 heavy (non-hydrogen) atoms. The molecule has 0 radical (unpaired) electrons. The van der Waals surface area contributed by atoms with Gasteiger partial charge in [-0.3, -0.25) is 9.78 Å². The molecule has 0 aliphatic heterocycles. The molecule has 1 N–H and O–H groups in total. The van der Waals surface area contributed by atoms with Gasteiger partial charge in [-0.15, -0.1) is 0 Å². The molecule has 100 valence electrons. The van der Waals surface area contributed by atoms with Gasteiger partial charge in [0.05, 0.1) is 10.2 Å². The van der Waals surface area contributed by atoms with Crippen molar-refractivity contribution < 1.29 is 4.79 Å². The van der Waals surface area contributed by atoms with E-state index in [1.807, 2.05) is 36.4 Å². The van der Waals surface area contributed by atoms with Crippen LogP contribution in [0.4, 0.5) is 5.13 Å². The van der Waals surface area contributed by atoms with Crippen LogP contribution >= 0.6 is 11.3 Å². The first-order valence-corrected chi connectivity index (χ1v) is 7.17. The fraction of sp³-hybridized carbons (Fsp3) is 0.133. The number of carbonyl (C=O) groups is 1. The van der Waals surface area contributed by atoms with Crippen molar-refractivity contribution in [2.45, 2.75) is 12.8 Å². The summed E-state index contributed by atoms with van der Waals surface area (Å²) in [5, 5.41) is 3.50. The number of carbonyl (C=O) groups excluding carboxylic acids is 1. The first-order chi connectivity index (χ1) is 9.81. The van der Waals surface area contributed by atoms with Gasteiger partial charge >= 0.3 is 0 Å². The molecule has 2 heterocycles. The van der Waals surface area contributed by atoms with Crippen molar-refractivity contribution in [2.75, 3.05) is 5.32 Å². The van der Waals surface area contributed by atoms with Crippen LogP contribution in [-0.4, -0.2) is 15.9 Å². The Balaban J connectivity index is 1.61. The quantitative estimate of drug-likeness (QED) is 0.799. The largest absolute Gasteiger partial charge is 0.302 e. The molecule has 4 nitrogen and oxygen atoms in total. The van der Waals surface area contributed by atoms with Crippen molar-refractivity contribution in [3.05, 3.63) is 54.4 Å². The van der Waals surface area contributed by atoms with E-state index in [-0.39, 0.29) is 5.91 Å². The average Bonchev–Trinajstić information content (AvgIpc) is 2.88. The van der Waals surface area contributed by atoms with Crippen LogP contribution in [0.3, 0.4) is 0 Å². The standard InChI is InChI=1S/C15H13N3OS/c19-14(8-7-11-4-3-9-16-10-11)18-15-17-12-5-1-2-6-13(12)20-15/h1-6,9-10H,7-8H2,(H,17,18,19). The van der Waals surface area contributed by atoms with Crippen LogP contribution in [0.2, 0.25) is 0 Å². The van der Waals surface area contributed by atoms with Crippen LogP contribution in [0, 0.1) is 0 Å². The Bertz CT molecular complexity index is 691. The van der Waals surface area contributed by atoms with Crippen LogP contribution in [-0.2, 0) is 11.2 Å². The van der Waals surface area contributed by atoms with Crippen molar-refractivity contribution in [1.29, 1.82) is 0 Å². The topological polar surface area (TPSA) is 54.9 Å². The number of amides is 1. The highest BCUT2D eigenvalue weighted by Gasteiger charge is 2.07. The Morgan fingerprint density at radius 1 is 1.20 bits per heavy atom. The molecule has 2 aromatic heterocycles. The lowest BCUT2D eigenvalue weighted by atomic mass is 10.1. The van der Waals surface area contributed by atoms with E-state index in [0.717, 1.165) is 15.8 Å². The van der Waals surface area contributed by atoms with Crippen LogP contribution in [0.5, 0.6) is 0 Å². The van der Waals surface area contributed by atoms with Crippen molar-refractivity contribution in [1.82, 2.24) is 9.97 Å². The number of nitrogens with one attached hydrogen (secondary N) is 1. The average molecular weight is 283 g/mol. The molecule has 1 amide bonds. The highest BCUT2D eigenvalue weighted by atomic mass is 32.1. The van der Waals surface area contributed by atoms with Gasteiger partial charge in [-0.2, -0.15) is 0 Å². The zero-order valence-corrected chi connectivity index (χ0v) is 11.6. The molecule has 0 bridgehead atoms. The van der Waals surface area contributed by atoms with Gasteiger partial charge in [-0.05, 0) is 30.2 Å². The number of fused-ring (bicyclic) bond motifs is 1. The maximum Gasteiger partial charge on any atom is 0.226 e. The second-order valence-corrected chi connectivity index (χ2v) is 5.43. The number of aryl methyl sites for hydroxylation is 1. The highest BCUT2D eigenvalue weighted by Crippen LogP contribution is 2.25. The summed E-state index contributed by atoms with van der Waals surface area (Å²) in [5.41, 5.74) is 1.98. The summed E-state index contributed by atoms with van der Waals surface area (Å²) in [5.74, 6) is -0.0205. The van der Waals surface area contributed by atoms with Crippen molar-refractivity contribution in [2.24, 2.45) is 0 Å². The molecule has 5 heteroatoms. The first-order valence-electron chi connectivity index (χ1n) is 6.35. The van der Waals surface area contributed by atoms with E-state index >= 15 is 0 Å². The molecular weight excluding hydrogens is 270 g/mol. The molecule has 0 fully saturated rings. The second-order valence-electron chi connectivity index (χ2n) is 4.40. The number of nitrogens with zero attached hydrogens (tertiary/aromatic N) is 2. The van der Waals surface area contributed by atoms with Gasteiger partial charge in [0.25, 0.3) is 0 Å². The third kappa shape index (κ3) is 3.00. The Morgan fingerprint density at radius 2 is 2.10 bits per heavy atom. The lowest BCUT2D eigenvalue weighted by Gasteiger charge is -2.01. The van der Waals surface area contributed by atoms with Gasteiger partial charge in [0.15, 0.2) is 5.13 Å². The highest BCUT2D eigenvalue weighted by molar-refractivity contribution is 7.22. The summed E-state index contributed by atoms with van der Waals surface area (Å²) in [6.45, 7) is 0. The van der Waals surface area contributed by atoms with Crippen molar-refractivity contribution in [3.63, 3.8) is 0 Å². The molecule has 1 aromatic carbocycles. The SMILES string of the molecule is O=C(CCc1cccnc1)Nc1nc2ccccc2s1. The minimum absolute atomic E-state index is 0.0205. The Kier molecular flexibility index (Phi) is 3.69. The number of para-hydroxylation sites is 1. The zero-order valence-electron chi connectivity index (χ0n) is 10.7. The predicted octanol–water partition coefficient (Wildman–Crippen LogP) is 3.26. The Morgan fingerprint density at radius 3 is 2.90 bits per heavy atom. The summed E-state index contributed by atoms with van der Waals surface area (Å²) in [6.07, 6.45) is 4.63. The van der Waals surface area contributed by atoms with Gasteiger partial charge < -0.3 is 5.32 Å². The van der Waals surface area contributed by atoms with E-state index in [9.17, 15) is 4.79 Å². The molecule has 0 saturated carbocycles. The van der Waals surface area contributed by atoms with E-state index in [1.54, 1.807) is 12.4 Å². The molecule has 3 rings (SSSR count). The van der Waals surface area contributed by atoms with E-state index in [1.165, 1.54) is 11.3 Å². The second kappa shape index (κ2) is 5.79. The summed E-state index contributed by atoms with van der Waals surface area (Å²) in [7, 11) is 0. The monoisotopic (exact) mass is 283 g/mol. The lowest BCUT2D eigenvalue weighted by molar-refractivity contribution is -0.116. The minimum Gasteiger partial charge on any atom is -0.302 e. The molecule has 0 aliphatic rings. The minimum atomic E-state index is -0.0205. The van der Waals surface area contributed by atoms with Gasteiger partial charge in [0, 0.05) is 18.8 Å². The lowest BCUT2D eigenvalue weighted by Crippen LogP contribution is -2.12. The predicted molar refractivity (Wildman–Crippen MR) is 80.8 cm³/mol. The summed E-state index contributed by atoms with van der Waals surface area (Å²) < 4.78 is 1.08. The van der Waals surface area contributed by atoms with Crippen LogP contribution < -0.4 is 5.32 Å². The number of rotatable bonds is 4. The number of pyridine rings is 1. The fourth-order valence-corrected chi connectivity index (χ4v) is 2.79. The molecule has 0 spiro atoms. The van der Waals surface area contributed by atoms with Crippen molar-refractivity contribution >= 4 is 32.6 Å². The number of anilines is 1. The van der Waals surface area contributed by atoms with Crippen LogP contribution in [0.1, 0.15) is 12.0 Å². The first kappa shape index (κ1) is 12.7. The summed E-state index contributed by atoms with van der Waals surface area (Å²) in [4.78, 5) is 20.3. The smallest absolute Gasteiger partial charge is 0.226 e. The molecule has 0 aliphatic carbocycles. The molecule has 0 unspecified atom stereocenters. The van der Waals surface area contributed by atoms with Gasteiger partial charge in [-0.1, -0.05) is 29.5 Å². The fourth-order valence-electron chi connectivity index (χ4n) is 1.91. The maximum absolute atomic E-state index is 11.9. The third-order valence-corrected chi connectivity index (χ3v) is 3.86. The van der Waals surface area contributed by atoms with E-state index in [4.69, 9.17) is 0 Å².